The summed E-state index contributed by atoms with van der Waals surface area (Å²) in [5.74, 6) is 0.278. The Bertz CT molecular complexity index is 523. The van der Waals surface area contributed by atoms with Gasteiger partial charge in [-0.2, -0.15) is 4.98 Å². The monoisotopic (exact) mass is 323 g/mol. The van der Waals surface area contributed by atoms with Crippen LogP contribution in [-0.4, -0.2) is 33.2 Å². The number of carboxylic acids is 1. The molecule has 7 nitrogen and oxygen atoms in total. The molecule has 0 aromatic carbocycles. The van der Waals surface area contributed by atoms with Crippen LogP contribution in [0.4, 0.5) is 0 Å². The van der Waals surface area contributed by atoms with Crippen molar-refractivity contribution in [2.45, 2.75) is 76.7 Å². The highest BCUT2D eigenvalue weighted by Gasteiger charge is 2.23. The summed E-state index contributed by atoms with van der Waals surface area (Å²) >= 11 is 0. The lowest BCUT2D eigenvalue weighted by molar-refractivity contribution is -0.142. The zero-order chi connectivity index (χ0) is 16.7. The van der Waals surface area contributed by atoms with Crippen LogP contribution in [0.5, 0.6) is 0 Å². The van der Waals surface area contributed by atoms with Crippen molar-refractivity contribution in [2.24, 2.45) is 0 Å². The zero-order valence-corrected chi connectivity index (χ0v) is 13.6. The maximum absolute atomic E-state index is 11.9. The number of carbonyl (C=O) groups is 2. The lowest BCUT2D eigenvalue weighted by atomic mass is 10.1. The molecule has 1 saturated carbocycles. The number of aryl methyl sites for hydroxylation is 1. The van der Waals surface area contributed by atoms with Gasteiger partial charge in [0.15, 0.2) is 5.82 Å². The van der Waals surface area contributed by atoms with Gasteiger partial charge in [0.1, 0.15) is 6.04 Å². The Morgan fingerprint density at radius 3 is 2.78 bits per heavy atom. The Balaban J connectivity index is 1.78. The molecule has 1 unspecified atom stereocenters. The number of aromatic nitrogens is 2. The molecule has 1 aliphatic carbocycles. The molecule has 1 aromatic rings. The quantitative estimate of drug-likeness (QED) is 0.723. The number of carbonyl (C=O) groups excluding carboxylic acids is 1. The summed E-state index contributed by atoms with van der Waals surface area (Å²) in [6, 6.07) is -0.820. The zero-order valence-electron chi connectivity index (χ0n) is 13.6. The molecule has 0 radical (unpaired) electrons. The van der Waals surface area contributed by atoms with Gasteiger partial charge in [0.05, 0.1) is 0 Å². The first-order valence-electron chi connectivity index (χ1n) is 8.44. The summed E-state index contributed by atoms with van der Waals surface area (Å²) in [4.78, 5) is 27.4. The minimum absolute atomic E-state index is 0.155. The second-order valence-electron chi connectivity index (χ2n) is 6.13. The molecule has 0 bridgehead atoms. The van der Waals surface area contributed by atoms with Gasteiger partial charge in [0.25, 0.3) is 0 Å². The van der Waals surface area contributed by atoms with Crippen LogP contribution in [-0.2, 0) is 16.0 Å². The number of hydrogen-bond donors (Lipinski definition) is 2. The SMILES string of the molecule is CCCCC(NC(=O)CCc1nc(C2CCCC2)no1)C(=O)O. The molecule has 1 aliphatic rings. The van der Waals surface area contributed by atoms with Crippen molar-refractivity contribution in [1.82, 2.24) is 15.5 Å². The largest absolute Gasteiger partial charge is 0.480 e. The summed E-state index contributed by atoms with van der Waals surface area (Å²) in [6.45, 7) is 1.98. The summed E-state index contributed by atoms with van der Waals surface area (Å²) in [6.07, 6.45) is 7.19. The first-order chi connectivity index (χ1) is 11.1. The van der Waals surface area contributed by atoms with Gasteiger partial charge < -0.3 is 14.9 Å². The molecular weight excluding hydrogens is 298 g/mol. The summed E-state index contributed by atoms with van der Waals surface area (Å²) in [5, 5.41) is 15.7. The topological polar surface area (TPSA) is 105 Å². The first kappa shape index (κ1) is 17.4. The molecule has 1 fully saturated rings. The van der Waals surface area contributed by atoms with Crippen LogP contribution in [0.15, 0.2) is 4.52 Å². The van der Waals surface area contributed by atoms with Crippen LogP contribution in [0, 0.1) is 0 Å². The summed E-state index contributed by atoms with van der Waals surface area (Å²) < 4.78 is 5.19. The lowest BCUT2D eigenvalue weighted by Gasteiger charge is -2.13. The summed E-state index contributed by atoms with van der Waals surface area (Å²) in [5.41, 5.74) is 0. The van der Waals surface area contributed by atoms with Crippen molar-refractivity contribution in [1.29, 1.82) is 0 Å². The molecule has 7 heteroatoms. The third kappa shape index (κ3) is 5.33. The maximum atomic E-state index is 11.9. The molecule has 128 valence electrons. The van der Waals surface area contributed by atoms with E-state index in [1.807, 2.05) is 6.92 Å². The number of nitrogens with one attached hydrogen (secondary N) is 1. The van der Waals surface area contributed by atoms with Crippen LogP contribution < -0.4 is 5.32 Å². The molecule has 1 amide bonds. The number of aliphatic carboxylic acids is 1. The highest BCUT2D eigenvalue weighted by molar-refractivity contribution is 5.83. The predicted octanol–water partition coefficient (Wildman–Crippen LogP) is 2.42. The normalized spacial score (nSPS) is 16.4. The third-order valence-electron chi connectivity index (χ3n) is 4.25. The number of nitrogens with zero attached hydrogens (tertiary/aromatic N) is 2. The average Bonchev–Trinajstić information content (AvgIpc) is 3.19. The predicted molar refractivity (Wildman–Crippen MR) is 82.9 cm³/mol. The van der Waals surface area contributed by atoms with Crippen LogP contribution in [0.2, 0.25) is 0 Å². The van der Waals surface area contributed by atoms with Gasteiger partial charge in [-0.05, 0) is 19.3 Å². The fraction of sp³-hybridized carbons (Fsp3) is 0.750. The molecule has 0 spiro atoms. The molecule has 2 N–H and O–H groups in total. The van der Waals surface area contributed by atoms with Gasteiger partial charge in [0, 0.05) is 18.8 Å². The average molecular weight is 323 g/mol. The standard InChI is InChI=1S/C16H25N3O4/c1-2-3-8-12(16(21)22)17-13(20)9-10-14-18-15(19-23-14)11-6-4-5-7-11/h11-12H,2-10H2,1H3,(H,17,20)(H,21,22). The van der Waals surface area contributed by atoms with E-state index in [1.165, 1.54) is 12.8 Å². The van der Waals surface area contributed by atoms with Crippen molar-refractivity contribution in [3.8, 4) is 0 Å². The fourth-order valence-corrected chi connectivity index (χ4v) is 2.87. The Kier molecular flexibility index (Phi) is 6.55. The highest BCUT2D eigenvalue weighted by Crippen LogP contribution is 2.32. The Morgan fingerprint density at radius 2 is 2.13 bits per heavy atom. The highest BCUT2D eigenvalue weighted by atomic mass is 16.5. The minimum atomic E-state index is -0.992. The van der Waals surface area contributed by atoms with Crippen molar-refractivity contribution in [3.05, 3.63) is 11.7 Å². The number of hydrogen-bond acceptors (Lipinski definition) is 5. The molecule has 0 saturated heterocycles. The van der Waals surface area contributed by atoms with Crippen molar-refractivity contribution >= 4 is 11.9 Å². The van der Waals surface area contributed by atoms with E-state index in [9.17, 15) is 9.59 Å². The molecule has 1 aromatic heterocycles. The van der Waals surface area contributed by atoms with E-state index in [1.54, 1.807) is 0 Å². The van der Waals surface area contributed by atoms with Gasteiger partial charge in [-0.25, -0.2) is 4.79 Å². The van der Waals surface area contributed by atoms with E-state index in [0.717, 1.165) is 31.5 Å². The second kappa shape index (κ2) is 8.64. The number of rotatable bonds is 9. The number of carboxylic acid groups (broad SMARTS) is 1. The van der Waals surface area contributed by atoms with Crippen LogP contribution in [0.25, 0.3) is 0 Å². The fourth-order valence-electron chi connectivity index (χ4n) is 2.87. The molecule has 0 aliphatic heterocycles. The van der Waals surface area contributed by atoms with Crippen molar-refractivity contribution in [3.63, 3.8) is 0 Å². The molecule has 2 rings (SSSR count). The molecule has 23 heavy (non-hydrogen) atoms. The molecule has 1 atom stereocenters. The van der Waals surface area contributed by atoms with E-state index < -0.39 is 12.0 Å². The summed E-state index contributed by atoms with van der Waals surface area (Å²) in [7, 11) is 0. The van der Waals surface area contributed by atoms with Crippen molar-refractivity contribution in [2.75, 3.05) is 0 Å². The number of unbranched alkanes of at least 4 members (excludes halogenated alkanes) is 1. The van der Waals surface area contributed by atoms with Gasteiger partial charge in [-0.1, -0.05) is 37.8 Å². The smallest absolute Gasteiger partial charge is 0.326 e. The Labute approximate surface area is 135 Å². The van der Waals surface area contributed by atoms with Gasteiger partial charge in [-0.15, -0.1) is 0 Å². The van der Waals surface area contributed by atoms with Crippen LogP contribution in [0.3, 0.4) is 0 Å². The lowest BCUT2D eigenvalue weighted by Crippen LogP contribution is -2.40. The van der Waals surface area contributed by atoms with Crippen molar-refractivity contribution < 1.29 is 19.2 Å². The van der Waals surface area contributed by atoms with E-state index in [2.05, 4.69) is 15.5 Å². The van der Waals surface area contributed by atoms with Gasteiger partial charge in [-0.3, -0.25) is 4.79 Å². The number of amides is 1. The first-order valence-corrected chi connectivity index (χ1v) is 8.44. The third-order valence-corrected chi connectivity index (χ3v) is 4.25. The van der Waals surface area contributed by atoms with Crippen LogP contribution >= 0.6 is 0 Å². The minimum Gasteiger partial charge on any atom is -0.480 e. The van der Waals surface area contributed by atoms with Gasteiger partial charge >= 0.3 is 5.97 Å². The van der Waals surface area contributed by atoms with E-state index in [4.69, 9.17) is 9.63 Å². The van der Waals surface area contributed by atoms with Gasteiger partial charge in [0.2, 0.25) is 11.8 Å². The van der Waals surface area contributed by atoms with Crippen LogP contribution in [0.1, 0.15) is 75.9 Å². The second-order valence-corrected chi connectivity index (χ2v) is 6.13. The Hall–Kier alpha value is -1.92. The molecule has 1 heterocycles. The maximum Gasteiger partial charge on any atom is 0.326 e. The van der Waals surface area contributed by atoms with E-state index in [-0.39, 0.29) is 12.3 Å². The Morgan fingerprint density at radius 1 is 1.39 bits per heavy atom. The van der Waals surface area contributed by atoms with E-state index in [0.29, 0.717) is 24.7 Å². The molecular formula is C16H25N3O4. The van der Waals surface area contributed by atoms with E-state index >= 15 is 0 Å².